The smallest absolute Gasteiger partial charge is 0.265 e. The van der Waals surface area contributed by atoms with E-state index >= 15 is 0 Å². The van der Waals surface area contributed by atoms with Crippen LogP contribution in [0.4, 0.5) is 11.4 Å². The van der Waals surface area contributed by atoms with E-state index in [1.807, 2.05) is 54.6 Å². The van der Waals surface area contributed by atoms with E-state index in [0.29, 0.717) is 28.9 Å². The van der Waals surface area contributed by atoms with Gasteiger partial charge in [-0.15, -0.1) is 0 Å². The minimum atomic E-state index is -4.03. The lowest BCUT2D eigenvalue weighted by Gasteiger charge is -2.27. The van der Waals surface area contributed by atoms with Gasteiger partial charge in [-0.25, -0.2) is 13.4 Å². The van der Waals surface area contributed by atoms with E-state index < -0.39 is 10.0 Å². The first-order valence-electron chi connectivity index (χ1n) is 15.1. The number of aromatic nitrogens is 1. The first kappa shape index (κ1) is 31.3. The summed E-state index contributed by atoms with van der Waals surface area (Å²) in [7, 11) is -2.39. The van der Waals surface area contributed by atoms with Crippen LogP contribution >= 0.6 is 11.6 Å². The molecule has 6 rings (SSSR count). The largest absolute Gasteiger partial charge is 0.497 e. The molecule has 234 valence electrons. The summed E-state index contributed by atoms with van der Waals surface area (Å²) in [6.45, 7) is 4.14. The molecule has 46 heavy (non-hydrogen) atoms. The van der Waals surface area contributed by atoms with E-state index in [-0.39, 0.29) is 28.3 Å². The van der Waals surface area contributed by atoms with Gasteiger partial charge < -0.3 is 10.1 Å². The van der Waals surface area contributed by atoms with E-state index in [4.69, 9.17) is 21.3 Å². The SMILES string of the molecule is CCN(c1ccccc1)S(=O)(=O)c1cc(NC(=O)c2c3c(nc4ccccc24)/C(=C\c2ccc(OC)cc2)CC(C)C3)ccc1Cl. The molecule has 5 aromatic rings. The number of pyridine rings is 1. The highest BCUT2D eigenvalue weighted by molar-refractivity contribution is 7.93. The lowest BCUT2D eigenvalue weighted by Crippen LogP contribution is -2.31. The Bertz CT molecular complexity index is 2060. The number of fused-ring (bicyclic) bond motifs is 2. The maximum absolute atomic E-state index is 14.2. The molecule has 1 unspecified atom stereocenters. The molecule has 0 spiro atoms. The molecule has 1 aromatic heterocycles. The summed E-state index contributed by atoms with van der Waals surface area (Å²) < 4.78 is 34.3. The van der Waals surface area contributed by atoms with E-state index in [0.717, 1.165) is 40.0 Å². The van der Waals surface area contributed by atoms with Gasteiger partial charge in [0.2, 0.25) is 0 Å². The number of carbonyl (C=O) groups is 1. The number of rotatable bonds is 8. The lowest BCUT2D eigenvalue weighted by atomic mass is 9.80. The number of carbonyl (C=O) groups excluding carboxylic acids is 1. The normalized spacial score (nSPS) is 15.4. The minimum Gasteiger partial charge on any atom is -0.497 e. The molecule has 1 aliphatic carbocycles. The van der Waals surface area contributed by atoms with Gasteiger partial charge in [-0.05, 0) is 97.0 Å². The van der Waals surface area contributed by atoms with Crippen molar-refractivity contribution in [2.75, 3.05) is 23.3 Å². The summed E-state index contributed by atoms with van der Waals surface area (Å²) in [5, 5.41) is 3.79. The molecule has 0 radical (unpaired) electrons. The third-order valence-electron chi connectivity index (χ3n) is 8.19. The standard InChI is InChI=1S/C37H34ClN3O4S/c1-4-41(28-10-6-5-7-11-28)46(43,44)34-23-27(16-19-32(34)38)39-37(42)35-30-12-8-9-13-33(30)40-36-26(20-24(2)21-31(35)36)22-25-14-17-29(45-3)18-15-25/h5-19,22-24H,4,20-21H2,1-3H3,(H,39,42)/b26-22-. The van der Waals surface area contributed by atoms with Crippen LogP contribution in [0.2, 0.25) is 5.02 Å². The Morgan fingerprint density at radius 2 is 1.72 bits per heavy atom. The third-order valence-corrected chi connectivity index (χ3v) is 10.6. The second-order valence-corrected chi connectivity index (χ2v) is 13.6. The summed E-state index contributed by atoms with van der Waals surface area (Å²) in [5.74, 6) is 0.717. The number of hydrogen-bond acceptors (Lipinski definition) is 5. The molecule has 9 heteroatoms. The summed E-state index contributed by atoms with van der Waals surface area (Å²) in [6, 6.07) is 28.9. The van der Waals surface area contributed by atoms with Crippen molar-refractivity contribution < 1.29 is 17.9 Å². The number of para-hydroxylation sites is 2. The number of ether oxygens (including phenoxy) is 1. The Balaban J connectivity index is 1.41. The van der Waals surface area contributed by atoms with Crippen molar-refractivity contribution in [1.29, 1.82) is 0 Å². The Morgan fingerprint density at radius 3 is 2.43 bits per heavy atom. The molecule has 0 fully saturated rings. The van der Waals surface area contributed by atoms with Gasteiger partial charge >= 0.3 is 0 Å². The number of anilines is 2. The second-order valence-electron chi connectivity index (χ2n) is 11.4. The van der Waals surface area contributed by atoms with E-state index in [2.05, 4.69) is 18.3 Å². The molecule has 1 aliphatic rings. The first-order chi connectivity index (χ1) is 22.2. The molecule has 0 bridgehead atoms. The van der Waals surface area contributed by atoms with Crippen LogP contribution in [0.1, 0.15) is 47.4 Å². The van der Waals surface area contributed by atoms with Gasteiger partial charge in [0.15, 0.2) is 0 Å². The van der Waals surface area contributed by atoms with E-state index in [1.165, 1.54) is 16.4 Å². The quantitative estimate of drug-likeness (QED) is 0.182. The fourth-order valence-electron chi connectivity index (χ4n) is 6.07. The molecule has 0 saturated carbocycles. The van der Waals surface area contributed by atoms with Crippen molar-refractivity contribution in [3.05, 3.63) is 124 Å². The highest BCUT2D eigenvalue weighted by atomic mass is 35.5. The summed E-state index contributed by atoms with van der Waals surface area (Å²) in [5.41, 5.74) is 5.84. The Morgan fingerprint density at radius 1 is 1.00 bits per heavy atom. The van der Waals surface area contributed by atoms with Crippen LogP contribution in [0.5, 0.6) is 5.75 Å². The lowest BCUT2D eigenvalue weighted by molar-refractivity contribution is 0.102. The molecule has 4 aromatic carbocycles. The zero-order chi connectivity index (χ0) is 32.4. The van der Waals surface area contributed by atoms with Crippen molar-refractivity contribution in [3.8, 4) is 5.75 Å². The molecule has 1 atom stereocenters. The second kappa shape index (κ2) is 13.0. The summed E-state index contributed by atoms with van der Waals surface area (Å²) in [4.78, 5) is 19.2. The van der Waals surface area contributed by atoms with Crippen molar-refractivity contribution in [2.45, 2.75) is 31.6 Å². The molecule has 1 N–H and O–H groups in total. The molecule has 0 saturated heterocycles. The van der Waals surface area contributed by atoms with Crippen molar-refractivity contribution in [3.63, 3.8) is 0 Å². The van der Waals surface area contributed by atoms with Gasteiger partial charge in [0.05, 0.1) is 34.6 Å². The number of halogens is 1. The van der Waals surface area contributed by atoms with Crippen LogP contribution in [-0.4, -0.2) is 33.0 Å². The molecule has 1 amide bonds. The van der Waals surface area contributed by atoms with Gasteiger partial charge in [0.25, 0.3) is 15.9 Å². The van der Waals surface area contributed by atoms with Gasteiger partial charge in [-0.1, -0.05) is 67.1 Å². The van der Waals surface area contributed by atoms with Gasteiger partial charge in [-0.2, -0.15) is 0 Å². The van der Waals surface area contributed by atoms with Gasteiger partial charge in [0, 0.05) is 17.6 Å². The Hall–Kier alpha value is -4.66. The number of methoxy groups -OCH3 is 1. The van der Waals surface area contributed by atoms with Crippen molar-refractivity contribution >= 4 is 61.5 Å². The maximum atomic E-state index is 14.2. The number of sulfonamides is 1. The molecular formula is C37H34ClN3O4S. The average Bonchev–Trinajstić information content (AvgIpc) is 3.05. The average molecular weight is 652 g/mol. The summed E-state index contributed by atoms with van der Waals surface area (Å²) >= 11 is 6.47. The van der Waals surface area contributed by atoms with Crippen molar-refractivity contribution in [2.24, 2.45) is 5.92 Å². The predicted molar refractivity (Wildman–Crippen MR) is 186 cm³/mol. The highest BCUT2D eigenvalue weighted by Crippen LogP contribution is 2.39. The van der Waals surface area contributed by atoms with Gasteiger partial charge in [0.1, 0.15) is 10.6 Å². The number of benzene rings is 4. The van der Waals surface area contributed by atoms with Crippen LogP contribution in [0.25, 0.3) is 22.6 Å². The molecule has 7 nitrogen and oxygen atoms in total. The number of nitrogens with zero attached hydrogens (tertiary/aromatic N) is 2. The zero-order valence-electron chi connectivity index (χ0n) is 25.8. The predicted octanol–water partition coefficient (Wildman–Crippen LogP) is 8.49. The highest BCUT2D eigenvalue weighted by Gasteiger charge is 2.30. The molecule has 1 heterocycles. The first-order valence-corrected chi connectivity index (χ1v) is 17.0. The van der Waals surface area contributed by atoms with Crippen LogP contribution in [-0.2, 0) is 16.4 Å². The number of nitrogens with one attached hydrogen (secondary N) is 1. The van der Waals surface area contributed by atoms with Crippen molar-refractivity contribution in [1.82, 2.24) is 4.98 Å². The number of hydrogen-bond donors (Lipinski definition) is 1. The van der Waals surface area contributed by atoms with Gasteiger partial charge in [-0.3, -0.25) is 9.10 Å². The molecule has 0 aliphatic heterocycles. The minimum absolute atomic E-state index is 0.0706. The summed E-state index contributed by atoms with van der Waals surface area (Å²) in [6.07, 6.45) is 3.62. The maximum Gasteiger partial charge on any atom is 0.265 e. The van der Waals surface area contributed by atoms with E-state index in [9.17, 15) is 13.2 Å². The fourth-order valence-corrected chi connectivity index (χ4v) is 8.05. The molecular weight excluding hydrogens is 618 g/mol. The zero-order valence-corrected chi connectivity index (χ0v) is 27.4. The van der Waals surface area contributed by atoms with Crippen LogP contribution in [0.3, 0.4) is 0 Å². The fraction of sp³-hybridized carbons (Fsp3) is 0.189. The monoisotopic (exact) mass is 651 g/mol. The van der Waals surface area contributed by atoms with Crippen LogP contribution < -0.4 is 14.4 Å². The Labute approximate surface area is 274 Å². The third kappa shape index (κ3) is 6.10. The number of allylic oxidation sites excluding steroid dienone is 1. The topological polar surface area (TPSA) is 88.6 Å². The Kier molecular flexibility index (Phi) is 8.84. The van der Waals surface area contributed by atoms with Crippen LogP contribution in [0, 0.1) is 5.92 Å². The van der Waals surface area contributed by atoms with Crippen LogP contribution in [0.15, 0.2) is 102 Å². The number of amides is 1. The van der Waals surface area contributed by atoms with E-state index in [1.54, 1.807) is 44.4 Å².